The third-order valence-corrected chi connectivity index (χ3v) is 2.59. The second-order valence-corrected chi connectivity index (χ2v) is 4.27. The van der Waals surface area contributed by atoms with Crippen molar-refractivity contribution >= 4 is 0 Å². The minimum Gasteiger partial charge on any atom is -0.435 e. The van der Waals surface area contributed by atoms with Crippen molar-refractivity contribution < 1.29 is 18.6 Å². The Balaban J connectivity index is 2.30. The van der Waals surface area contributed by atoms with Crippen LogP contribution in [-0.2, 0) is 6.54 Å². The van der Waals surface area contributed by atoms with E-state index in [0.717, 1.165) is 18.5 Å². The topological polar surface area (TPSA) is 41.5 Å². The van der Waals surface area contributed by atoms with Gasteiger partial charge in [0.15, 0.2) is 0 Å². The number of hydrogen-bond donors (Lipinski definition) is 2. The number of ether oxygens (including phenoxy) is 1. The first-order valence-electron chi connectivity index (χ1n) is 5.97. The van der Waals surface area contributed by atoms with Gasteiger partial charge in [-0.05, 0) is 36.6 Å². The van der Waals surface area contributed by atoms with Gasteiger partial charge < -0.3 is 15.2 Å². The SMILES string of the molecule is CC(CCO)CNCc1ccc(OC(F)F)cc1. The van der Waals surface area contributed by atoms with Crippen molar-refractivity contribution in [3.8, 4) is 5.75 Å². The summed E-state index contributed by atoms with van der Waals surface area (Å²) in [5.74, 6) is 0.582. The molecule has 1 rings (SSSR count). The van der Waals surface area contributed by atoms with Gasteiger partial charge in [0.25, 0.3) is 0 Å². The average molecular weight is 259 g/mol. The zero-order valence-corrected chi connectivity index (χ0v) is 10.4. The molecule has 1 unspecified atom stereocenters. The Morgan fingerprint density at radius 3 is 2.50 bits per heavy atom. The largest absolute Gasteiger partial charge is 0.435 e. The molecule has 0 saturated heterocycles. The maximum Gasteiger partial charge on any atom is 0.387 e. The predicted molar refractivity (Wildman–Crippen MR) is 65.6 cm³/mol. The fourth-order valence-electron chi connectivity index (χ4n) is 1.57. The lowest BCUT2D eigenvalue weighted by Crippen LogP contribution is -2.21. The first-order chi connectivity index (χ1) is 8.61. The summed E-state index contributed by atoms with van der Waals surface area (Å²) in [6.45, 7) is 0.958. The number of aliphatic hydroxyl groups is 1. The van der Waals surface area contributed by atoms with E-state index >= 15 is 0 Å². The van der Waals surface area contributed by atoms with Gasteiger partial charge in [-0.15, -0.1) is 0 Å². The third-order valence-electron chi connectivity index (χ3n) is 2.59. The minimum atomic E-state index is -2.78. The van der Waals surface area contributed by atoms with E-state index in [0.29, 0.717) is 12.5 Å². The standard InChI is InChI=1S/C13H19F2NO2/c1-10(6-7-17)8-16-9-11-2-4-12(5-3-11)18-13(14)15/h2-5,10,13,16-17H,6-9H2,1H3. The molecule has 0 aromatic heterocycles. The van der Waals surface area contributed by atoms with E-state index in [1.165, 1.54) is 12.1 Å². The Hall–Kier alpha value is -1.20. The first kappa shape index (κ1) is 14.9. The molecule has 0 radical (unpaired) electrons. The average Bonchev–Trinajstić information content (AvgIpc) is 2.31. The van der Waals surface area contributed by atoms with Crippen LogP contribution in [0.5, 0.6) is 5.75 Å². The first-order valence-corrected chi connectivity index (χ1v) is 5.97. The number of nitrogens with one attached hydrogen (secondary N) is 1. The van der Waals surface area contributed by atoms with Gasteiger partial charge in [0.05, 0.1) is 0 Å². The summed E-state index contributed by atoms with van der Waals surface area (Å²) in [5, 5.41) is 12.0. The zero-order chi connectivity index (χ0) is 13.4. The number of alkyl halides is 2. The Morgan fingerprint density at radius 1 is 1.28 bits per heavy atom. The highest BCUT2D eigenvalue weighted by atomic mass is 19.3. The molecular weight excluding hydrogens is 240 g/mol. The molecule has 3 nitrogen and oxygen atoms in total. The fourth-order valence-corrected chi connectivity index (χ4v) is 1.57. The molecular formula is C13H19F2NO2. The van der Waals surface area contributed by atoms with Crippen molar-refractivity contribution in [3.63, 3.8) is 0 Å². The maximum absolute atomic E-state index is 11.9. The molecule has 0 aliphatic heterocycles. The van der Waals surface area contributed by atoms with Crippen LogP contribution < -0.4 is 10.1 Å². The van der Waals surface area contributed by atoms with Gasteiger partial charge in [0.2, 0.25) is 0 Å². The normalized spacial score (nSPS) is 12.7. The molecule has 1 aromatic rings. The lowest BCUT2D eigenvalue weighted by Gasteiger charge is -2.11. The van der Waals surface area contributed by atoms with Gasteiger partial charge in [-0.3, -0.25) is 0 Å². The zero-order valence-electron chi connectivity index (χ0n) is 10.4. The predicted octanol–water partition coefficient (Wildman–Crippen LogP) is 2.40. The van der Waals surface area contributed by atoms with Gasteiger partial charge in [0.1, 0.15) is 5.75 Å². The number of aliphatic hydroxyl groups excluding tert-OH is 1. The monoisotopic (exact) mass is 259 g/mol. The Labute approximate surface area is 106 Å². The van der Waals surface area contributed by atoms with Gasteiger partial charge in [-0.2, -0.15) is 8.78 Å². The second-order valence-electron chi connectivity index (χ2n) is 4.27. The highest BCUT2D eigenvalue weighted by Gasteiger charge is 2.04. The van der Waals surface area contributed by atoms with Crippen molar-refractivity contribution in [2.45, 2.75) is 26.5 Å². The van der Waals surface area contributed by atoms with E-state index in [2.05, 4.69) is 17.0 Å². The van der Waals surface area contributed by atoms with E-state index in [1.807, 2.05) is 0 Å². The number of hydrogen-bond acceptors (Lipinski definition) is 3. The van der Waals surface area contributed by atoms with E-state index < -0.39 is 6.61 Å². The van der Waals surface area contributed by atoms with Crippen LogP contribution in [0, 0.1) is 5.92 Å². The summed E-state index contributed by atoms with van der Waals surface area (Å²) in [4.78, 5) is 0. The molecule has 1 atom stereocenters. The quantitative estimate of drug-likeness (QED) is 0.753. The van der Waals surface area contributed by atoms with Crippen molar-refractivity contribution in [2.75, 3.05) is 13.2 Å². The molecule has 5 heteroatoms. The van der Waals surface area contributed by atoms with Crippen molar-refractivity contribution in [1.82, 2.24) is 5.32 Å². The summed E-state index contributed by atoms with van der Waals surface area (Å²) in [6, 6.07) is 6.56. The lowest BCUT2D eigenvalue weighted by atomic mass is 10.1. The van der Waals surface area contributed by atoms with E-state index in [-0.39, 0.29) is 12.4 Å². The third kappa shape index (κ3) is 5.93. The molecule has 0 saturated carbocycles. The fraction of sp³-hybridized carbons (Fsp3) is 0.538. The van der Waals surface area contributed by atoms with Gasteiger partial charge >= 0.3 is 6.61 Å². The highest BCUT2D eigenvalue weighted by Crippen LogP contribution is 2.14. The summed E-state index contributed by atoms with van der Waals surface area (Å²) in [5.41, 5.74) is 1.01. The molecule has 0 aliphatic rings. The number of benzene rings is 1. The summed E-state index contributed by atoms with van der Waals surface area (Å²) in [6.07, 6.45) is 0.772. The molecule has 2 N–H and O–H groups in total. The second kappa shape index (κ2) is 8.00. The van der Waals surface area contributed by atoms with Crippen molar-refractivity contribution in [1.29, 1.82) is 0 Å². The van der Waals surface area contributed by atoms with Gasteiger partial charge in [-0.25, -0.2) is 0 Å². The molecule has 0 aliphatic carbocycles. The summed E-state index contributed by atoms with van der Waals surface area (Å²) in [7, 11) is 0. The van der Waals surface area contributed by atoms with E-state index in [9.17, 15) is 8.78 Å². The molecule has 0 amide bonds. The van der Waals surface area contributed by atoms with E-state index in [1.54, 1.807) is 12.1 Å². The van der Waals surface area contributed by atoms with Crippen LogP contribution in [0.2, 0.25) is 0 Å². The smallest absolute Gasteiger partial charge is 0.387 e. The summed E-state index contributed by atoms with van der Waals surface area (Å²) < 4.78 is 28.1. The molecule has 18 heavy (non-hydrogen) atoms. The molecule has 0 spiro atoms. The van der Waals surface area contributed by atoms with Crippen LogP contribution >= 0.6 is 0 Å². The molecule has 0 bridgehead atoms. The van der Waals surface area contributed by atoms with Crippen LogP contribution in [-0.4, -0.2) is 24.9 Å². The molecule has 0 fully saturated rings. The number of halogens is 2. The van der Waals surface area contributed by atoms with Crippen molar-refractivity contribution in [3.05, 3.63) is 29.8 Å². The van der Waals surface area contributed by atoms with Crippen LogP contribution in [0.1, 0.15) is 18.9 Å². The van der Waals surface area contributed by atoms with Crippen LogP contribution in [0.15, 0.2) is 24.3 Å². The lowest BCUT2D eigenvalue weighted by molar-refractivity contribution is -0.0498. The summed E-state index contributed by atoms with van der Waals surface area (Å²) >= 11 is 0. The molecule has 0 heterocycles. The van der Waals surface area contributed by atoms with Crippen LogP contribution in [0.25, 0.3) is 0 Å². The minimum absolute atomic E-state index is 0.169. The van der Waals surface area contributed by atoms with Crippen LogP contribution in [0.4, 0.5) is 8.78 Å². The van der Waals surface area contributed by atoms with Crippen LogP contribution in [0.3, 0.4) is 0 Å². The highest BCUT2D eigenvalue weighted by molar-refractivity contribution is 5.27. The number of rotatable bonds is 8. The van der Waals surface area contributed by atoms with E-state index in [4.69, 9.17) is 5.11 Å². The maximum atomic E-state index is 11.9. The Bertz CT molecular complexity index is 330. The molecule has 102 valence electrons. The van der Waals surface area contributed by atoms with Gasteiger partial charge in [0, 0.05) is 13.2 Å². The van der Waals surface area contributed by atoms with Gasteiger partial charge in [-0.1, -0.05) is 19.1 Å². The molecule has 1 aromatic carbocycles. The Kier molecular flexibility index (Phi) is 6.60. The van der Waals surface area contributed by atoms with Crippen molar-refractivity contribution in [2.24, 2.45) is 5.92 Å². The Morgan fingerprint density at radius 2 is 1.94 bits per heavy atom.